The number of carbonyl (C=O) groups is 1. The molecule has 0 aliphatic heterocycles. The van der Waals surface area contributed by atoms with Gasteiger partial charge in [0, 0.05) is 37.1 Å². The Morgan fingerprint density at radius 2 is 1.92 bits per heavy atom. The lowest BCUT2D eigenvalue weighted by atomic mass is 10.2. The molecule has 0 bridgehead atoms. The maximum absolute atomic E-state index is 12.2. The van der Waals surface area contributed by atoms with E-state index in [4.69, 9.17) is 11.6 Å². The third kappa shape index (κ3) is 4.47. The highest BCUT2D eigenvalue weighted by molar-refractivity contribution is 7.89. The Morgan fingerprint density at radius 3 is 2.56 bits per heavy atom. The maximum Gasteiger partial charge on any atom is 0.251 e. The largest absolute Gasteiger partial charge is 0.324 e. The molecule has 0 saturated carbocycles. The van der Waals surface area contributed by atoms with Crippen molar-refractivity contribution in [1.82, 2.24) is 8.87 Å². The number of aryl methyl sites for hydroxylation is 1. The molecule has 25 heavy (non-hydrogen) atoms. The van der Waals surface area contributed by atoms with Crippen LogP contribution in [0, 0.1) is 6.92 Å². The fraction of sp³-hybridized carbons (Fsp3) is 0.250. The van der Waals surface area contributed by atoms with Gasteiger partial charge in [0.2, 0.25) is 15.9 Å². The Kier molecular flexibility index (Phi) is 5.66. The third-order valence-electron chi connectivity index (χ3n) is 3.52. The standard InChI is InChI=1S/C16H18ClN3O4S/c1-11-4-5-12(17)8-14(11)18-15(21)10-20-9-13(6-7-16(20)22)25(23,24)19(2)3/h4-9H,10H2,1-3H3,(H,18,21). The van der Waals surface area contributed by atoms with E-state index in [2.05, 4.69) is 5.32 Å². The van der Waals surface area contributed by atoms with Crippen molar-refractivity contribution in [3.63, 3.8) is 0 Å². The Labute approximate surface area is 150 Å². The van der Waals surface area contributed by atoms with E-state index in [1.54, 1.807) is 18.2 Å². The summed E-state index contributed by atoms with van der Waals surface area (Å²) >= 11 is 5.91. The third-order valence-corrected chi connectivity index (χ3v) is 5.56. The average molecular weight is 384 g/mol. The van der Waals surface area contributed by atoms with Gasteiger partial charge in [-0.15, -0.1) is 0 Å². The molecule has 1 aromatic heterocycles. The van der Waals surface area contributed by atoms with E-state index in [1.807, 2.05) is 6.92 Å². The molecule has 0 radical (unpaired) electrons. The van der Waals surface area contributed by atoms with Gasteiger partial charge in [-0.05, 0) is 30.7 Å². The first-order chi connectivity index (χ1) is 11.6. The number of rotatable bonds is 5. The van der Waals surface area contributed by atoms with Crippen molar-refractivity contribution in [3.05, 3.63) is 57.5 Å². The van der Waals surface area contributed by atoms with Crippen LogP contribution in [0.1, 0.15) is 5.56 Å². The highest BCUT2D eigenvalue weighted by atomic mass is 35.5. The molecule has 2 rings (SSSR count). The summed E-state index contributed by atoms with van der Waals surface area (Å²) in [5.74, 6) is -0.466. The number of aromatic nitrogens is 1. The first-order valence-corrected chi connectivity index (χ1v) is 9.12. The number of hydrogen-bond donors (Lipinski definition) is 1. The molecule has 1 N–H and O–H groups in total. The van der Waals surface area contributed by atoms with Crippen molar-refractivity contribution in [3.8, 4) is 0 Å². The summed E-state index contributed by atoms with van der Waals surface area (Å²) in [6, 6.07) is 7.40. The molecule has 0 spiro atoms. The zero-order valence-corrected chi connectivity index (χ0v) is 15.6. The van der Waals surface area contributed by atoms with Gasteiger partial charge in [0.1, 0.15) is 6.54 Å². The van der Waals surface area contributed by atoms with Gasteiger partial charge in [-0.1, -0.05) is 17.7 Å². The fourth-order valence-electron chi connectivity index (χ4n) is 2.07. The van der Waals surface area contributed by atoms with Crippen LogP contribution in [-0.4, -0.2) is 37.3 Å². The van der Waals surface area contributed by atoms with E-state index < -0.39 is 21.5 Å². The van der Waals surface area contributed by atoms with Crippen molar-refractivity contribution in [1.29, 1.82) is 0 Å². The summed E-state index contributed by atoms with van der Waals surface area (Å²) in [6.45, 7) is 1.49. The minimum absolute atomic E-state index is 0.0659. The van der Waals surface area contributed by atoms with Crippen LogP contribution in [0.3, 0.4) is 0 Å². The molecule has 0 unspecified atom stereocenters. The van der Waals surface area contributed by atoms with E-state index in [1.165, 1.54) is 20.2 Å². The molecular formula is C16H18ClN3O4S. The lowest BCUT2D eigenvalue weighted by Gasteiger charge is -2.13. The number of anilines is 1. The zero-order chi connectivity index (χ0) is 18.8. The van der Waals surface area contributed by atoms with Gasteiger partial charge in [0.15, 0.2) is 0 Å². The van der Waals surface area contributed by atoms with Gasteiger partial charge in [-0.25, -0.2) is 12.7 Å². The molecule has 1 amide bonds. The number of nitrogens with one attached hydrogen (secondary N) is 1. The van der Waals surface area contributed by atoms with Crippen molar-refractivity contribution in [2.45, 2.75) is 18.4 Å². The van der Waals surface area contributed by atoms with Crippen LogP contribution in [-0.2, 0) is 21.4 Å². The van der Waals surface area contributed by atoms with Crippen LogP contribution in [0.25, 0.3) is 0 Å². The molecular weight excluding hydrogens is 366 g/mol. The lowest BCUT2D eigenvalue weighted by Crippen LogP contribution is -2.29. The van der Waals surface area contributed by atoms with Crippen LogP contribution >= 0.6 is 11.6 Å². The molecule has 0 aliphatic rings. The summed E-state index contributed by atoms with van der Waals surface area (Å²) in [7, 11) is -0.922. The van der Waals surface area contributed by atoms with Crippen molar-refractivity contribution < 1.29 is 13.2 Å². The number of benzene rings is 1. The van der Waals surface area contributed by atoms with E-state index in [0.717, 1.165) is 26.7 Å². The fourth-order valence-corrected chi connectivity index (χ4v) is 3.16. The summed E-state index contributed by atoms with van der Waals surface area (Å²) in [4.78, 5) is 24.1. The van der Waals surface area contributed by atoms with E-state index in [-0.39, 0.29) is 11.4 Å². The van der Waals surface area contributed by atoms with Crippen molar-refractivity contribution in [2.24, 2.45) is 0 Å². The number of pyridine rings is 1. The second kappa shape index (κ2) is 7.38. The van der Waals surface area contributed by atoms with Gasteiger partial charge in [-0.2, -0.15) is 0 Å². The first-order valence-electron chi connectivity index (χ1n) is 7.30. The normalized spacial score (nSPS) is 11.6. The molecule has 134 valence electrons. The maximum atomic E-state index is 12.2. The molecule has 1 aromatic carbocycles. The smallest absolute Gasteiger partial charge is 0.251 e. The quantitative estimate of drug-likeness (QED) is 0.851. The number of carbonyl (C=O) groups excluding carboxylic acids is 1. The summed E-state index contributed by atoms with van der Waals surface area (Å²) in [6.07, 6.45) is 1.15. The Bertz CT molecular complexity index is 968. The van der Waals surface area contributed by atoms with Crippen molar-refractivity contribution >= 4 is 33.2 Å². The number of halogens is 1. The highest BCUT2D eigenvalue weighted by Crippen LogP contribution is 2.20. The molecule has 2 aromatic rings. The summed E-state index contributed by atoms with van der Waals surface area (Å²) < 4.78 is 26.4. The summed E-state index contributed by atoms with van der Waals surface area (Å²) in [5.41, 5.74) is 0.868. The van der Waals surface area contributed by atoms with Gasteiger partial charge in [-0.3, -0.25) is 9.59 Å². The molecule has 7 nitrogen and oxygen atoms in total. The first kappa shape index (κ1) is 19.2. The highest BCUT2D eigenvalue weighted by Gasteiger charge is 2.18. The van der Waals surface area contributed by atoms with Crippen LogP contribution < -0.4 is 10.9 Å². The van der Waals surface area contributed by atoms with Crippen LogP contribution in [0.15, 0.2) is 46.2 Å². The average Bonchev–Trinajstić information content (AvgIpc) is 2.52. The van der Waals surface area contributed by atoms with Crippen LogP contribution in [0.4, 0.5) is 5.69 Å². The topological polar surface area (TPSA) is 88.5 Å². The van der Waals surface area contributed by atoms with Crippen LogP contribution in [0.2, 0.25) is 5.02 Å². The number of nitrogens with zero attached hydrogens (tertiary/aromatic N) is 2. The van der Waals surface area contributed by atoms with Gasteiger partial charge >= 0.3 is 0 Å². The second-order valence-corrected chi connectivity index (χ2v) is 8.21. The molecule has 1 heterocycles. The predicted octanol–water partition coefficient (Wildman–Crippen LogP) is 1.70. The predicted molar refractivity (Wildman–Crippen MR) is 96.4 cm³/mol. The zero-order valence-electron chi connectivity index (χ0n) is 14.0. The number of hydrogen-bond acceptors (Lipinski definition) is 4. The van der Waals surface area contributed by atoms with Gasteiger partial charge < -0.3 is 9.88 Å². The van der Waals surface area contributed by atoms with Crippen molar-refractivity contribution in [2.75, 3.05) is 19.4 Å². The monoisotopic (exact) mass is 383 g/mol. The Balaban J connectivity index is 2.26. The molecule has 0 aliphatic carbocycles. The summed E-state index contributed by atoms with van der Waals surface area (Å²) in [5, 5.41) is 3.13. The van der Waals surface area contributed by atoms with Crippen LogP contribution in [0.5, 0.6) is 0 Å². The lowest BCUT2D eigenvalue weighted by molar-refractivity contribution is -0.116. The number of amides is 1. The SMILES string of the molecule is Cc1ccc(Cl)cc1NC(=O)Cn1cc(S(=O)(=O)N(C)C)ccc1=O. The van der Waals surface area contributed by atoms with E-state index >= 15 is 0 Å². The number of sulfonamides is 1. The Hall–Kier alpha value is -2.16. The Morgan fingerprint density at radius 1 is 1.24 bits per heavy atom. The van der Waals surface area contributed by atoms with E-state index in [9.17, 15) is 18.0 Å². The minimum Gasteiger partial charge on any atom is -0.324 e. The van der Waals surface area contributed by atoms with Gasteiger partial charge in [0.25, 0.3) is 5.56 Å². The molecule has 0 atom stereocenters. The molecule has 9 heteroatoms. The minimum atomic E-state index is -3.70. The van der Waals surface area contributed by atoms with Gasteiger partial charge in [0.05, 0.1) is 4.90 Å². The van der Waals surface area contributed by atoms with E-state index in [0.29, 0.717) is 10.7 Å². The molecule has 0 saturated heterocycles. The molecule has 0 fully saturated rings. The second-order valence-electron chi connectivity index (χ2n) is 5.63.